The van der Waals surface area contributed by atoms with Crippen molar-refractivity contribution < 1.29 is 9.90 Å². The molecule has 0 aromatic heterocycles. The Kier molecular flexibility index (Phi) is 2.18. The third-order valence-corrected chi connectivity index (χ3v) is 2.93. The van der Waals surface area contributed by atoms with Crippen LogP contribution in [-0.2, 0) is 0 Å². The zero-order chi connectivity index (χ0) is 11.1. The molecule has 0 bridgehead atoms. The third-order valence-electron chi connectivity index (χ3n) is 2.93. The highest BCUT2D eigenvalue weighted by molar-refractivity contribution is 5.95. The highest BCUT2D eigenvalue weighted by atomic mass is 16.3. The zero-order valence-electron chi connectivity index (χ0n) is 8.95. The zero-order valence-corrected chi connectivity index (χ0v) is 8.95. The van der Waals surface area contributed by atoms with Gasteiger partial charge in [0.2, 0.25) is 0 Å². The van der Waals surface area contributed by atoms with Crippen LogP contribution >= 0.6 is 0 Å². The molecule has 1 atom stereocenters. The summed E-state index contributed by atoms with van der Waals surface area (Å²) in [6.07, 6.45) is 1.03. The van der Waals surface area contributed by atoms with E-state index in [4.69, 9.17) is 0 Å². The molecule has 1 fully saturated rings. The molecule has 0 saturated heterocycles. The standard InChI is InChI=1S/C12H15NO2/c1-12(2)7-10(12)13-11(15)8-4-3-5-9(14)6-8/h3-6,10,14H,7H2,1-2H3,(H,13,15). The number of nitrogens with one attached hydrogen (secondary N) is 1. The van der Waals surface area contributed by atoms with Crippen LogP contribution in [0.2, 0.25) is 0 Å². The van der Waals surface area contributed by atoms with Gasteiger partial charge in [0.15, 0.2) is 0 Å². The molecule has 0 spiro atoms. The first-order chi connectivity index (χ1) is 6.99. The average Bonchev–Trinajstić information content (AvgIpc) is 2.73. The molecule has 3 nitrogen and oxygen atoms in total. The van der Waals surface area contributed by atoms with E-state index in [0.717, 1.165) is 6.42 Å². The van der Waals surface area contributed by atoms with Crippen molar-refractivity contribution in [1.29, 1.82) is 0 Å². The smallest absolute Gasteiger partial charge is 0.251 e. The van der Waals surface area contributed by atoms with Crippen LogP contribution in [-0.4, -0.2) is 17.1 Å². The molecule has 1 unspecified atom stereocenters. The summed E-state index contributed by atoms with van der Waals surface area (Å²) in [5.41, 5.74) is 0.740. The molecule has 3 heteroatoms. The lowest BCUT2D eigenvalue weighted by Gasteiger charge is -2.06. The van der Waals surface area contributed by atoms with Crippen LogP contribution in [0.3, 0.4) is 0 Å². The molecule has 1 amide bonds. The van der Waals surface area contributed by atoms with E-state index in [1.807, 2.05) is 0 Å². The van der Waals surface area contributed by atoms with Crippen molar-refractivity contribution >= 4 is 5.91 Å². The summed E-state index contributed by atoms with van der Waals surface area (Å²) in [4.78, 5) is 11.7. The van der Waals surface area contributed by atoms with Gasteiger partial charge < -0.3 is 10.4 Å². The summed E-state index contributed by atoms with van der Waals surface area (Å²) >= 11 is 0. The van der Waals surface area contributed by atoms with E-state index in [9.17, 15) is 9.90 Å². The number of phenols is 1. The number of benzene rings is 1. The van der Waals surface area contributed by atoms with Crippen molar-refractivity contribution in [2.75, 3.05) is 0 Å². The summed E-state index contributed by atoms with van der Waals surface area (Å²) in [5, 5.41) is 12.2. The Morgan fingerprint density at radius 2 is 2.20 bits per heavy atom. The lowest BCUT2D eigenvalue weighted by molar-refractivity contribution is 0.0946. The Balaban J connectivity index is 2.03. The van der Waals surface area contributed by atoms with Crippen molar-refractivity contribution in [3.63, 3.8) is 0 Å². The van der Waals surface area contributed by atoms with E-state index in [2.05, 4.69) is 19.2 Å². The van der Waals surface area contributed by atoms with Crippen molar-refractivity contribution in [3.8, 4) is 5.75 Å². The predicted octanol–water partition coefficient (Wildman–Crippen LogP) is 1.92. The van der Waals surface area contributed by atoms with E-state index in [-0.39, 0.29) is 23.1 Å². The predicted molar refractivity (Wildman–Crippen MR) is 57.8 cm³/mol. The molecule has 2 N–H and O–H groups in total. The van der Waals surface area contributed by atoms with Crippen LogP contribution in [0.25, 0.3) is 0 Å². The lowest BCUT2D eigenvalue weighted by atomic mass is 10.1. The first-order valence-corrected chi connectivity index (χ1v) is 5.09. The minimum Gasteiger partial charge on any atom is -0.508 e. The second kappa shape index (κ2) is 3.26. The van der Waals surface area contributed by atoms with Gasteiger partial charge in [-0.15, -0.1) is 0 Å². The van der Waals surface area contributed by atoms with Gasteiger partial charge in [-0.05, 0) is 30.0 Å². The largest absolute Gasteiger partial charge is 0.508 e. The number of amides is 1. The van der Waals surface area contributed by atoms with Crippen LogP contribution in [0.15, 0.2) is 24.3 Å². The lowest BCUT2D eigenvalue weighted by Crippen LogP contribution is -2.28. The van der Waals surface area contributed by atoms with Crippen molar-refractivity contribution in [3.05, 3.63) is 29.8 Å². The topological polar surface area (TPSA) is 49.3 Å². The molecule has 80 valence electrons. The highest BCUT2D eigenvalue weighted by Crippen LogP contribution is 2.44. The summed E-state index contributed by atoms with van der Waals surface area (Å²) in [5.74, 6) is 0.0131. The van der Waals surface area contributed by atoms with Gasteiger partial charge in [-0.25, -0.2) is 0 Å². The normalized spacial score (nSPS) is 22.1. The fourth-order valence-corrected chi connectivity index (χ4v) is 1.60. The fraction of sp³-hybridized carbons (Fsp3) is 0.417. The molecule has 0 radical (unpaired) electrons. The maximum absolute atomic E-state index is 11.7. The van der Waals surface area contributed by atoms with Crippen LogP contribution in [0.1, 0.15) is 30.6 Å². The molecular weight excluding hydrogens is 190 g/mol. The summed E-state index contributed by atoms with van der Waals surface area (Å²) < 4.78 is 0. The number of carbonyl (C=O) groups excluding carboxylic acids is 1. The van der Waals surface area contributed by atoms with Gasteiger partial charge in [-0.3, -0.25) is 4.79 Å². The molecule has 0 heterocycles. The van der Waals surface area contributed by atoms with Gasteiger partial charge in [0.1, 0.15) is 5.75 Å². The van der Waals surface area contributed by atoms with Crippen molar-refractivity contribution in [2.45, 2.75) is 26.3 Å². The quantitative estimate of drug-likeness (QED) is 0.775. The first-order valence-electron chi connectivity index (χ1n) is 5.09. The van der Waals surface area contributed by atoms with E-state index >= 15 is 0 Å². The van der Waals surface area contributed by atoms with Crippen LogP contribution in [0.4, 0.5) is 0 Å². The van der Waals surface area contributed by atoms with Crippen LogP contribution in [0.5, 0.6) is 5.75 Å². The van der Waals surface area contributed by atoms with Gasteiger partial charge in [0.05, 0.1) is 0 Å². The van der Waals surface area contributed by atoms with Gasteiger partial charge >= 0.3 is 0 Å². The molecule has 1 saturated carbocycles. The molecule has 1 aromatic rings. The fourth-order valence-electron chi connectivity index (χ4n) is 1.60. The number of rotatable bonds is 2. The molecular formula is C12H15NO2. The molecule has 1 aliphatic carbocycles. The molecule has 1 aliphatic rings. The van der Waals surface area contributed by atoms with Crippen molar-refractivity contribution in [1.82, 2.24) is 5.32 Å². The minimum absolute atomic E-state index is 0.110. The number of carbonyl (C=O) groups is 1. The van der Waals surface area contributed by atoms with Crippen molar-refractivity contribution in [2.24, 2.45) is 5.41 Å². The number of hydrogen-bond acceptors (Lipinski definition) is 2. The Morgan fingerprint density at radius 1 is 1.53 bits per heavy atom. The van der Waals surface area contributed by atoms with E-state index in [1.54, 1.807) is 18.2 Å². The van der Waals surface area contributed by atoms with Gasteiger partial charge in [0, 0.05) is 11.6 Å². The maximum Gasteiger partial charge on any atom is 0.251 e. The maximum atomic E-state index is 11.7. The van der Waals surface area contributed by atoms with Gasteiger partial charge in [0.25, 0.3) is 5.91 Å². The SMILES string of the molecule is CC1(C)CC1NC(=O)c1cccc(O)c1. The number of phenolic OH excluding ortho intramolecular Hbond substituents is 1. The van der Waals surface area contributed by atoms with E-state index in [1.165, 1.54) is 6.07 Å². The summed E-state index contributed by atoms with van der Waals surface area (Å²) in [7, 11) is 0. The molecule has 2 rings (SSSR count). The van der Waals surface area contributed by atoms with Gasteiger partial charge in [-0.1, -0.05) is 19.9 Å². The third kappa shape index (κ3) is 2.12. The summed E-state index contributed by atoms with van der Waals surface area (Å²) in [6.45, 7) is 4.25. The second-order valence-corrected chi connectivity index (χ2v) is 4.77. The molecule has 1 aromatic carbocycles. The Hall–Kier alpha value is -1.51. The van der Waals surface area contributed by atoms with Crippen LogP contribution < -0.4 is 5.32 Å². The summed E-state index contributed by atoms with van der Waals surface area (Å²) in [6, 6.07) is 6.67. The Morgan fingerprint density at radius 3 is 2.73 bits per heavy atom. The monoisotopic (exact) mass is 205 g/mol. The molecule has 0 aliphatic heterocycles. The second-order valence-electron chi connectivity index (χ2n) is 4.77. The number of hydrogen-bond donors (Lipinski definition) is 2. The van der Waals surface area contributed by atoms with Crippen LogP contribution in [0, 0.1) is 5.41 Å². The minimum atomic E-state index is -0.110. The highest BCUT2D eigenvalue weighted by Gasteiger charge is 2.46. The van der Waals surface area contributed by atoms with Gasteiger partial charge in [-0.2, -0.15) is 0 Å². The Bertz CT molecular complexity index is 398. The first kappa shape index (κ1) is 10.0. The van der Waals surface area contributed by atoms with E-state index < -0.39 is 0 Å². The average molecular weight is 205 g/mol. The van der Waals surface area contributed by atoms with E-state index in [0.29, 0.717) is 5.56 Å². The Labute approximate surface area is 89.1 Å². The molecule has 15 heavy (non-hydrogen) atoms. The number of aromatic hydroxyl groups is 1.